The number of aromatic nitrogens is 2. The Hall–Kier alpha value is -1.66. The number of carbonyl (C=O) groups excluding carboxylic acids is 1. The monoisotopic (exact) mass is 348 g/mol. The molecule has 1 unspecified atom stereocenters. The highest BCUT2D eigenvalue weighted by Crippen LogP contribution is 2.15. The molecule has 1 amide bonds. The fourth-order valence-corrected chi connectivity index (χ4v) is 2.74. The maximum absolute atomic E-state index is 12.5. The Balaban J connectivity index is 1.81. The van der Waals surface area contributed by atoms with Crippen LogP contribution in [0.25, 0.3) is 5.69 Å². The van der Waals surface area contributed by atoms with Gasteiger partial charge in [0, 0.05) is 36.3 Å². The molecule has 3 rings (SSSR count). The summed E-state index contributed by atoms with van der Waals surface area (Å²) in [6.45, 7) is 4.48. The molecule has 0 radical (unpaired) electrons. The molecule has 1 aromatic heterocycles. The van der Waals surface area contributed by atoms with Crippen LogP contribution in [0.3, 0.4) is 0 Å². The summed E-state index contributed by atoms with van der Waals surface area (Å²) in [5.41, 5.74) is 1.57. The predicted octanol–water partition coefficient (Wildman–Crippen LogP) is 2.07. The molecule has 110 valence electrons. The Morgan fingerprint density at radius 1 is 1.38 bits per heavy atom. The van der Waals surface area contributed by atoms with Crippen LogP contribution in [0, 0.1) is 0 Å². The quantitative estimate of drug-likeness (QED) is 0.903. The van der Waals surface area contributed by atoms with Gasteiger partial charge >= 0.3 is 0 Å². The zero-order chi connectivity index (χ0) is 14.8. The lowest BCUT2D eigenvalue weighted by atomic mass is 10.2. The minimum atomic E-state index is 0.0485. The van der Waals surface area contributed by atoms with Crippen molar-refractivity contribution >= 4 is 21.8 Å². The Morgan fingerprint density at radius 3 is 2.86 bits per heavy atom. The molecule has 21 heavy (non-hydrogen) atoms. The fourth-order valence-electron chi connectivity index (χ4n) is 2.48. The second-order valence-electron chi connectivity index (χ2n) is 5.20. The van der Waals surface area contributed by atoms with Gasteiger partial charge in [0.15, 0.2) is 0 Å². The number of nitrogens with one attached hydrogen (secondary N) is 1. The van der Waals surface area contributed by atoms with E-state index >= 15 is 0 Å². The lowest BCUT2D eigenvalue weighted by Gasteiger charge is -2.33. The zero-order valence-corrected chi connectivity index (χ0v) is 13.4. The van der Waals surface area contributed by atoms with Crippen molar-refractivity contribution < 1.29 is 4.79 Å². The molecule has 0 saturated carbocycles. The Bertz CT molecular complexity index is 637. The SMILES string of the molecule is CC1CNCCN1C(=O)c1cnn(-c2ccc(Br)cc2)c1. The van der Waals surface area contributed by atoms with E-state index in [1.165, 1.54) is 0 Å². The number of benzene rings is 1. The first kappa shape index (κ1) is 14.3. The minimum absolute atomic E-state index is 0.0485. The van der Waals surface area contributed by atoms with Crippen molar-refractivity contribution in [1.82, 2.24) is 20.0 Å². The second-order valence-corrected chi connectivity index (χ2v) is 6.12. The predicted molar refractivity (Wildman–Crippen MR) is 84.6 cm³/mol. The largest absolute Gasteiger partial charge is 0.333 e. The summed E-state index contributed by atoms with van der Waals surface area (Å²) in [7, 11) is 0. The van der Waals surface area contributed by atoms with Crippen LogP contribution in [0.1, 0.15) is 17.3 Å². The van der Waals surface area contributed by atoms with Crippen LogP contribution in [-0.2, 0) is 0 Å². The van der Waals surface area contributed by atoms with Crippen LogP contribution < -0.4 is 5.32 Å². The van der Waals surface area contributed by atoms with E-state index < -0.39 is 0 Å². The Morgan fingerprint density at radius 2 is 2.14 bits per heavy atom. The standard InChI is InChI=1S/C15H17BrN4O/c1-11-8-17-6-7-19(11)15(21)12-9-18-20(10-12)14-4-2-13(16)3-5-14/h2-5,9-11,17H,6-8H2,1H3. The van der Waals surface area contributed by atoms with Crippen molar-refractivity contribution in [3.8, 4) is 5.69 Å². The number of hydrogen-bond acceptors (Lipinski definition) is 3. The van der Waals surface area contributed by atoms with Crippen molar-refractivity contribution in [1.29, 1.82) is 0 Å². The summed E-state index contributed by atoms with van der Waals surface area (Å²) in [6, 6.07) is 8.04. The lowest BCUT2D eigenvalue weighted by Crippen LogP contribution is -2.52. The van der Waals surface area contributed by atoms with Gasteiger partial charge in [-0.1, -0.05) is 15.9 Å². The van der Waals surface area contributed by atoms with Gasteiger partial charge in [-0.2, -0.15) is 5.10 Å². The molecule has 1 aromatic carbocycles. The molecule has 2 aromatic rings. The van der Waals surface area contributed by atoms with Gasteiger partial charge in [-0.3, -0.25) is 4.79 Å². The second kappa shape index (κ2) is 5.99. The van der Waals surface area contributed by atoms with Gasteiger partial charge in [-0.15, -0.1) is 0 Å². The third kappa shape index (κ3) is 3.01. The van der Waals surface area contributed by atoms with Crippen molar-refractivity contribution in [2.24, 2.45) is 0 Å². The molecule has 2 heterocycles. The summed E-state index contributed by atoms with van der Waals surface area (Å²) in [6.07, 6.45) is 3.43. The summed E-state index contributed by atoms with van der Waals surface area (Å²) in [4.78, 5) is 14.4. The third-order valence-corrected chi connectivity index (χ3v) is 4.21. The number of carbonyl (C=O) groups is 1. The van der Waals surface area contributed by atoms with E-state index in [0.29, 0.717) is 5.56 Å². The van der Waals surface area contributed by atoms with Crippen molar-refractivity contribution in [2.75, 3.05) is 19.6 Å². The smallest absolute Gasteiger partial charge is 0.257 e. The maximum Gasteiger partial charge on any atom is 0.257 e. The van der Waals surface area contributed by atoms with Crippen molar-refractivity contribution in [2.45, 2.75) is 13.0 Å². The van der Waals surface area contributed by atoms with E-state index in [-0.39, 0.29) is 11.9 Å². The van der Waals surface area contributed by atoms with E-state index in [1.807, 2.05) is 29.2 Å². The number of amides is 1. The van der Waals surface area contributed by atoms with Crippen molar-refractivity contribution in [3.05, 3.63) is 46.7 Å². The Kier molecular flexibility index (Phi) is 4.07. The topological polar surface area (TPSA) is 50.2 Å². The Labute approximate surface area is 132 Å². The minimum Gasteiger partial charge on any atom is -0.333 e. The molecule has 0 aliphatic carbocycles. The van der Waals surface area contributed by atoms with E-state index in [4.69, 9.17) is 0 Å². The fraction of sp³-hybridized carbons (Fsp3) is 0.333. The van der Waals surface area contributed by atoms with Crippen LogP contribution >= 0.6 is 15.9 Å². The third-order valence-electron chi connectivity index (χ3n) is 3.68. The molecule has 6 heteroatoms. The number of hydrogen-bond donors (Lipinski definition) is 1. The molecule has 1 aliphatic heterocycles. The average molecular weight is 349 g/mol. The lowest BCUT2D eigenvalue weighted by molar-refractivity contribution is 0.0656. The van der Waals surface area contributed by atoms with Gasteiger partial charge in [0.05, 0.1) is 17.4 Å². The maximum atomic E-state index is 12.5. The highest BCUT2D eigenvalue weighted by molar-refractivity contribution is 9.10. The molecule has 1 N–H and O–H groups in total. The molecular weight excluding hydrogens is 332 g/mol. The average Bonchev–Trinajstić information content (AvgIpc) is 2.98. The van der Waals surface area contributed by atoms with Crippen LogP contribution in [-0.4, -0.2) is 46.3 Å². The van der Waals surface area contributed by atoms with E-state index in [0.717, 1.165) is 29.8 Å². The number of nitrogens with zero attached hydrogens (tertiary/aromatic N) is 3. The molecule has 1 atom stereocenters. The van der Waals surface area contributed by atoms with Gasteiger partial charge in [-0.25, -0.2) is 4.68 Å². The van der Waals surface area contributed by atoms with Gasteiger partial charge in [0.1, 0.15) is 0 Å². The zero-order valence-electron chi connectivity index (χ0n) is 11.8. The summed E-state index contributed by atoms with van der Waals surface area (Å²) in [5, 5.41) is 7.58. The van der Waals surface area contributed by atoms with Gasteiger partial charge < -0.3 is 10.2 Å². The number of rotatable bonds is 2. The molecule has 1 saturated heterocycles. The molecule has 5 nitrogen and oxygen atoms in total. The summed E-state index contributed by atoms with van der Waals surface area (Å²) < 4.78 is 2.75. The highest BCUT2D eigenvalue weighted by atomic mass is 79.9. The summed E-state index contributed by atoms with van der Waals surface area (Å²) >= 11 is 3.41. The van der Waals surface area contributed by atoms with Crippen LogP contribution in [0.5, 0.6) is 0 Å². The van der Waals surface area contributed by atoms with Crippen LogP contribution in [0.2, 0.25) is 0 Å². The first-order valence-electron chi connectivity index (χ1n) is 6.97. The number of halogens is 1. The summed E-state index contributed by atoms with van der Waals surface area (Å²) in [5.74, 6) is 0.0485. The van der Waals surface area contributed by atoms with Gasteiger partial charge in [0.2, 0.25) is 0 Å². The normalized spacial score (nSPS) is 18.8. The molecule has 1 fully saturated rings. The first-order valence-corrected chi connectivity index (χ1v) is 7.77. The van der Waals surface area contributed by atoms with E-state index in [1.54, 1.807) is 17.1 Å². The van der Waals surface area contributed by atoms with Gasteiger partial charge in [-0.05, 0) is 31.2 Å². The number of piperazine rings is 1. The molecule has 0 bridgehead atoms. The van der Waals surface area contributed by atoms with Gasteiger partial charge in [0.25, 0.3) is 5.91 Å². The molecule has 0 spiro atoms. The van der Waals surface area contributed by atoms with Crippen molar-refractivity contribution in [3.63, 3.8) is 0 Å². The molecular formula is C15H17BrN4O. The highest BCUT2D eigenvalue weighted by Gasteiger charge is 2.24. The van der Waals surface area contributed by atoms with Crippen LogP contribution in [0.15, 0.2) is 41.1 Å². The first-order chi connectivity index (χ1) is 10.1. The molecule has 1 aliphatic rings. The van der Waals surface area contributed by atoms with Crippen LogP contribution in [0.4, 0.5) is 0 Å². The van der Waals surface area contributed by atoms with E-state index in [9.17, 15) is 4.79 Å². The van der Waals surface area contributed by atoms with E-state index in [2.05, 4.69) is 33.3 Å².